The molecule has 0 unspecified atom stereocenters. The topological polar surface area (TPSA) is 52.1 Å². The molecule has 0 saturated carbocycles. The Bertz CT molecular complexity index is 4040. The summed E-state index contributed by atoms with van der Waals surface area (Å²) >= 11 is 0. The Labute approximate surface area is 409 Å². The van der Waals surface area contributed by atoms with Crippen LogP contribution in [0.3, 0.4) is 0 Å². The van der Waals surface area contributed by atoms with E-state index in [0.29, 0.717) is 11.8 Å². The maximum atomic E-state index is 6.15. The number of benzene rings is 11. The largest absolute Gasteiger partial charge is 0.436 e. The van der Waals surface area contributed by atoms with Crippen molar-refractivity contribution in [3.05, 3.63) is 265 Å². The number of oxazole rings is 2. The summed E-state index contributed by atoms with van der Waals surface area (Å²) in [5.41, 5.74) is 24.3. The van der Waals surface area contributed by atoms with Gasteiger partial charge in [-0.3, -0.25) is 0 Å². The van der Waals surface area contributed by atoms with Gasteiger partial charge < -0.3 is 8.83 Å². The zero-order valence-corrected chi connectivity index (χ0v) is 38.3. The number of fused-ring (bicyclic) bond motifs is 14. The summed E-state index contributed by atoms with van der Waals surface area (Å²) in [7, 11) is 0. The van der Waals surface area contributed by atoms with Gasteiger partial charge in [-0.1, -0.05) is 164 Å². The van der Waals surface area contributed by atoms with E-state index >= 15 is 0 Å². The highest BCUT2D eigenvalue weighted by Gasteiger charge is 2.52. The third kappa shape index (κ3) is 6.05. The Kier molecular flexibility index (Phi) is 8.54. The Hall–Kier alpha value is -9.38. The summed E-state index contributed by atoms with van der Waals surface area (Å²) in [5, 5.41) is 2.56. The van der Waals surface area contributed by atoms with Crippen molar-refractivity contribution >= 4 is 33.0 Å². The van der Waals surface area contributed by atoms with Crippen molar-refractivity contribution in [3.8, 4) is 89.7 Å². The van der Waals surface area contributed by atoms with Gasteiger partial charge in [0.2, 0.25) is 11.8 Å². The molecule has 0 N–H and O–H groups in total. The van der Waals surface area contributed by atoms with Crippen molar-refractivity contribution in [3.63, 3.8) is 0 Å². The van der Waals surface area contributed by atoms with E-state index in [-0.39, 0.29) is 0 Å². The standard InChI is InChI=1S/C67H40N2O2/c1-2-15-52-43(12-1)32-35-56-55-34-33-48(40-59(55)67(64(52)56)57-18-5-3-16-53(57)54-17-4-6-19-58(54)67)46-13-11-14-47(36-46)51-38-49(41-24-28-44(29-25-41)65-68-60-20-7-9-22-62(60)70-65)37-50(39-51)42-26-30-45(31-27-42)66-69-61-21-8-10-23-63(61)71-66/h1-40H. The van der Waals surface area contributed by atoms with E-state index in [1.54, 1.807) is 0 Å². The fraction of sp³-hybridized carbons (Fsp3) is 0.0149. The van der Waals surface area contributed by atoms with Gasteiger partial charge in [-0.15, -0.1) is 0 Å². The first-order valence-electron chi connectivity index (χ1n) is 24.2. The predicted molar refractivity (Wildman–Crippen MR) is 288 cm³/mol. The summed E-state index contributed by atoms with van der Waals surface area (Å²) in [4.78, 5) is 9.54. The normalized spacial score (nSPS) is 12.9. The second-order valence-electron chi connectivity index (χ2n) is 18.8. The molecule has 71 heavy (non-hydrogen) atoms. The van der Waals surface area contributed by atoms with Crippen LogP contribution in [0.15, 0.2) is 251 Å². The van der Waals surface area contributed by atoms with Crippen molar-refractivity contribution in [2.45, 2.75) is 5.41 Å². The predicted octanol–water partition coefficient (Wildman–Crippen LogP) is 17.5. The number of hydrogen-bond donors (Lipinski definition) is 0. The van der Waals surface area contributed by atoms with Gasteiger partial charge in [-0.25, -0.2) is 9.97 Å². The monoisotopic (exact) mass is 904 g/mol. The highest BCUT2D eigenvalue weighted by molar-refractivity contribution is 6.04. The summed E-state index contributed by atoms with van der Waals surface area (Å²) in [6.07, 6.45) is 0. The molecule has 0 fully saturated rings. The van der Waals surface area contributed by atoms with Crippen LogP contribution in [-0.2, 0) is 5.41 Å². The minimum absolute atomic E-state index is 0.471. The van der Waals surface area contributed by atoms with Crippen LogP contribution in [0.4, 0.5) is 0 Å². The van der Waals surface area contributed by atoms with Gasteiger partial charge in [-0.05, 0) is 179 Å². The highest BCUT2D eigenvalue weighted by Crippen LogP contribution is 2.64. The quantitative estimate of drug-likeness (QED) is 0.167. The summed E-state index contributed by atoms with van der Waals surface area (Å²) in [5.74, 6) is 1.22. The zero-order valence-electron chi connectivity index (χ0n) is 38.3. The van der Waals surface area contributed by atoms with Crippen molar-refractivity contribution in [2.24, 2.45) is 0 Å². The van der Waals surface area contributed by atoms with Gasteiger partial charge in [0.05, 0.1) is 5.41 Å². The van der Waals surface area contributed by atoms with Crippen molar-refractivity contribution in [2.75, 3.05) is 0 Å². The van der Waals surface area contributed by atoms with E-state index in [1.807, 2.05) is 48.5 Å². The number of para-hydroxylation sites is 4. The number of nitrogens with zero attached hydrogens (tertiary/aromatic N) is 2. The second kappa shape index (κ2) is 15.3. The maximum Gasteiger partial charge on any atom is 0.227 e. The van der Waals surface area contributed by atoms with Gasteiger partial charge in [0.1, 0.15) is 11.0 Å². The minimum atomic E-state index is -0.471. The van der Waals surface area contributed by atoms with Crippen LogP contribution < -0.4 is 0 Å². The average Bonchev–Trinajstić information content (AvgIpc) is 4.22. The first-order valence-corrected chi connectivity index (χ1v) is 24.2. The molecule has 1 spiro atoms. The molecule has 11 aromatic carbocycles. The fourth-order valence-electron chi connectivity index (χ4n) is 11.7. The lowest BCUT2D eigenvalue weighted by Gasteiger charge is -2.31. The van der Waals surface area contributed by atoms with Gasteiger partial charge in [0.15, 0.2) is 11.2 Å². The Morgan fingerprint density at radius 2 is 0.718 bits per heavy atom. The van der Waals surface area contributed by atoms with Crippen molar-refractivity contribution < 1.29 is 8.83 Å². The summed E-state index contributed by atoms with van der Waals surface area (Å²) in [6, 6.07) is 87.7. The van der Waals surface area contributed by atoms with E-state index in [4.69, 9.17) is 18.8 Å². The van der Waals surface area contributed by atoms with Crippen LogP contribution in [0.2, 0.25) is 0 Å². The van der Waals surface area contributed by atoms with Crippen LogP contribution in [-0.4, -0.2) is 9.97 Å². The Morgan fingerprint density at radius 3 is 1.32 bits per heavy atom. The number of aromatic nitrogens is 2. The van der Waals surface area contributed by atoms with Crippen LogP contribution in [0.5, 0.6) is 0 Å². The maximum absolute atomic E-state index is 6.15. The molecule has 2 aromatic heterocycles. The van der Waals surface area contributed by atoms with Crippen LogP contribution in [0, 0.1) is 0 Å². The van der Waals surface area contributed by atoms with Gasteiger partial charge in [-0.2, -0.15) is 0 Å². The zero-order chi connectivity index (χ0) is 46.6. The Balaban J connectivity index is 0.864. The van der Waals surface area contributed by atoms with E-state index in [1.165, 1.54) is 60.8 Å². The minimum Gasteiger partial charge on any atom is -0.436 e. The lowest BCUT2D eigenvalue weighted by atomic mass is 9.69. The Morgan fingerprint density at radius 1 is 0.282 bits per heavy atom. The first kappa shape index (κ1) is 39.6. The molecular weight excluding hydrogens is 865 g/mol. The molecular formula is C67H40N2O2. The molecule has 2 aliphatic carbocycles. The fourth-order valence-corrected chi connectivity index (χ4v) is 11.7. The molecule has 2 aliphatic rings. The van der Waals surface area contributed by atoms with Crippen LogP contribution in [0.25, 0.3) is 123 Å². The average molecular weight is 905 g/mol. The second-order valence-corrected chi connectivity index (χ2v) is 18.8. The van der Waals surface area contributed by atoms with Crippen LogP contribution >= 0.6 is 0 Å². The van der Waals surface area contributed by atoms with E-state index in [0.717, 1.165) is 72.3 Å². The van der Waals surface area contributed by atoms with E-state index in [9.17, 15) is 0 Å². The molecule has 2 heterocycles. The summed E-state index contributed by atoms with van der Waals surface area (Å²) < 4.78 is 12.3. The van der Waals surface area contributed by atoms with Crippen molar-refractivity contribution in [1.82, 2.24) is 9.97 Å². The molecule has 0 atom stereocenters. The third-order valence-electron chi connectivity index (χ3n) is 15.0. The van der Waals surface area contributed by atoms with Gasteiger partial charge in [0, 0.05) is 11.1 Å². The molecule has 4 nitrogen and oxygen atoms in total. The van der Waals surface area contributed by atoms with E-state index in [2.05, 4.69) is 194 Å². The molecule has 0 aliphatic heterocycles. The van der Waals surface area contributed by atoms with E-state index < -0.39 is 5.41 Å². The van der Waals surface area contributed by atoms with Gasteiger partial charge in [0.25, 0.3) is 0 Å². The summed E-state index contributed by atoms with van der Waals surface area (Å²) in [6.45, 7) is 0. The lowest BCUT2D eigenvalue weighted by molar-refractivity contribution is 0.619. The molecule has 0 saturated heterocycles. The highest BCUT2D eigenvalue weighted by atomic mass is 16.4. The molecule has 15 rings (SSSR count). The number of hydrogen-bond acceptors (Lipinski definition) is 4. The first-order chi connectivity index (χ1) is 35.1. The third-order valence-corrected chi connectivity index (χ3v) is 15.0. The molecule has 0 amide bonds. The van der Waals surface area contributed by atoms with Crippen LogP contribution in [0.1, 0.15) is 22.3 Å². The SMILES string of the molecule is c1cc(-c2cc(-c3ccc(-c4nc5ccccc5o4)cc3)cc(-c3ccc(-c4nc5ccccc5o4)cc3)c2)cc(-c2ccc3c(c2)C2(c4ccccc4-c4ccccc42)c2c-3ccc3ccccc23)c1. The van der Waals surface area contributed by atoms with Crippen molar-refractivity contribution in [1.29, 1.82) is 0 Å². The van der Waals surface area contributed by atoms with Gasteiger partial charge >= 0.3 is 0 Å². The molecule has 0 radical (unpaired) electrons. The number of rotatable bonds is 6. The molecule has 4 heteroatoms. The molecule has 330 valence electrons. The lowest BCUT2D eigenvalue weighted by Crippen LogP contribution is -2.26. The molecule has 0 bridgehead atoms. The molecule has 13 aromatic rings. The smallest absolute Gasteiger partial charge is 0.227 e.